The van der Waals surface area contributed by atoms with Crippen LogP contribution in [-0.4, -0.2) is 11.4 Å². The molecule has 3 aromatic rings. The third-order valence-electron chi connectivity index (χ3n) is 4.19. The van der Waals surface area contributed by atoms with E-state index in [0.29, 0.717) is 0 Å². The van der Waals surface area contributed by atoms with Crippen LogP contribution >= 0.6 is 0 Å². The van der Waals surface area contributed by atoms with Crippen LogP contribution in [0.3, 0.4) is 0 Å². The fourth-order valence-electron chi connectivity index (χ4n) is 3.06. The lowest BCUT2D eigenvalue weighted by Crippen LogP contribution is -2.27. The van der Waals surface area contributed by atoms with E-state index in [-0.39, 0.29) is 6.10 Å². The van der Waals surface area contributed by atoms with E-state index in [4.69, 9.17) is 9.15 Å². The molecule has 3 nitrogen and oxygen atoms in total. The summed E-state index contributed by atoms with van der Waals surface area (Å²) in [5, 5.41) is 0. The first-order chi connectivity index (χ1) is 11.4. The van der Waals surface area contributed by atoms with Crippen LogP contribution in [0.25, 0.3) is 0 Å². The van der Waals surface area contributed by atoms with Gasteiger partial charge in [-0.25, -0.2) is 0 Å². The molecule has 1 atom stereocenters. The van der Waals surface area contributed by atoms with E-state index in [2.05, 4.69) is 47.4 Å². The summed E-state index contributed by atoms with van der Waals surface area (Å²) >= 11 is 0. The Morgan fingerprint density at radius 2 is 1.74 bits per heavy atom. The zero-order chi connectivity index (χ0) is 15.5. The Morgan fingerprint density at radius 3 is 2.57 bits per heavy atom. The number of nitrogens with zero attached hydrogens (tertiary/aromatic N) is 1. The largest absolute Gasteiger partial charge is 0.484 e. The highest BCUT2D eigenvalue weighted by atomic mass is 16.5. The summed E-state index contributed by atoms with van der Waals surface area (Å²) in [6.45, 7) is 2.48. The number of fused-ring (bicyclic) bond motifs is 1. The molecule has 1 aromatic heterocycles. The van der Waals surface area contributed by atoms with E-state index in [0.717, 1.165) is 31.1 Å². The van der Waals surface area contributed by atoms with Gasteiger partial charge in [0.15, 0.2) is 0 Å². The minimum Gasteiger partial charge on any atom is -0.484 e. The summed E-state index contributed by atoms with van der Waals surface area (Å²) < 4.78 is 11.8. The van der Waals surface area contributed by atoms with Crippen molar-refractivity contribution in [2.24, 2.45) is 0 Å². The molecule has 0 bridgehead atoms. The van der Waals surface area contributed by atoms with Crippen LogP contribution in [0.2, 0.25) is 0 Å². The highest BCUT2D eigenvalue weighted by Crippen LogP contribution is 2.31. The molecule has 0 saturated carbocycles. The molecule has 0 unspecified atom stereocenters. The molecule has 1 aliphatic rings. The topological polar surface area (TPSA) is 25.6 Å². The van der Waals surface area contributed by atoms with Gasteiger partial charge in [0.25, 0.3) is 0 Å². The fraction of sp³-hybridized carbons (Fsp3) is 0.200. The minimum atomic E-state index is 0.0230. The van der Waals surface area contributed by atoms with Crippen molar-refractivity contribution >= 4 is 0 Å². The number of hydrogen-bond donors (Lipinski definition) is 0. The Hall–Kier alpha value is -2.52. The summed E-state index contributed by atoms with van der Waals surface area (Å²) in [5.41, 5.74) is 2.42. The normalized spacial score (nSPS) is 18.0. The number of ether oxygens (including phenoxy) is 1. The van der Waals surface area contributed by atoms with Crippen LogP contribution < -0.4 is 4.74 Å². The van der Waals surface area contributed by atoms with Crippen molar-refractivity contribution in [1.29, 1.82) is 0 Å². The highest BCUT2D eigenvalue weighted by Gasteiger charge is 2.24. The number of hydrogen-bond acceptors (Lipinski definition) is 3. The van der Waals surface area contributed by atoms with E-state index in [1.54, 1.807) is 6.26 Å². The monoisotopic (exact) mass is 305 g/mol. The first-order valence-corrected chi connectivity index (χ1v) is 7.93. The van der Waals surface area contributed by atoms with Gasteiger partial charge in [0, 0.05) is 18.7 Å². The maximum Gasteiger partial charge on any atom is 0.136 e. The van der Waals surface area contributed by atoms with Crippen molar-refractivity contribution in [1.82, 2.24) is 4.90 Å². The number of para-hydroxylation sites is 1. The maximum atomic E-state index is 6.32. The van der Waals surface area contributed by atoms with Crippen molar-refractivity contribution in [2.45, 2.75) is 19.2 Å². The maximum absolute atomic E-state index is 6.32. The van der Waals surface area contributed by atoms with Crippen molar-refractivity contribution < 1.29 is 9.15 Å². The summed E-state index contributed by atoms with van der Waals surface area (Å²) in [6, 6.07) is 22.7. The van der Waals surface area contributed by atoms with Gasteiger partial charge < -0.3 is 9.15 Å². The average molecular weight is 305 g/mol. The first kappa shape index (κ1) is 14.1. The molecule has 0 N–H and O–H groups in total. The Kier molecular flexibility index (Phi) is 3.86. The lowest BCUT2D eigenvalue weighted by molar-refractivity contribution is 0.138. The van der Waals surface area contributed by atoms with Crippen LogP contribution in [0.1, 0.15) is 23.0 Å². The quantitative estimate of drug-likeness (QED) is 0.716. The Labute approximate surface area is 136 Å². The van der Waals surface area contributed by atoms with Gasteiger partial charge in [0.2, 0.25) is 0 Å². The SMILES string of the molecule is c1ccc([C@H]2CN(Cc3ccco3)Cc3ccccc3O2)cc1. The van der Waals surface area contributed by atoms with E-state index >= 15 is 0 Å². The second-order valence-electron chi connectivity index (χ2n) is 5.87. The van der Waals surface area contributed by atoms with E-state index < -0.39 is 0 Å². The molecule has 0 radical (unpaired) electrons. The lowest BCUT2D eigenvalue weighted by Gasteiger charge is -2.23. The van der Waals surface area contributed by atoms with Crippen molar-refractivity contribution in [3.63, 3.8) is 0 Å². The number of benzene rings is 2. The van der Waals surface area contributed by atoms with Crippen LogP contribution in [0, 0.1) is 0 Å². The van der Waals surface area contributed by atoms with Gasteiger partial charge in [-0.3, -0.25) is 4.90 Å². The van der Waals surface area contributed by atoms with Crippen LogP contribution in [0.15, 0.2) is 77.4 Å². The van der Waals surface area contributed by atoms with Crippen molar-refractivity contribution in [2.75, 3.05) is 6.54 Å². The lowest BCUT2D eigenvalue weighted by atomic mass is 10.1. The summed E-state index contributed by atoms with van der Waals surface area (Å²) in [5.74, 6) is 1.96. The summed E-state index contributed by atoms with van der Waals surface area (Å²) in [7, 11) is 0. The smallest absolute Gasteiger partial charge is 0.136 e. The van der Waals surface area contributed by atoms with Gasteiger partial charge in [0.05, 0.1) is 12.8 Å². The van der Waals surface area contributed by atoms with E-state index in [1.807, 2.05) is 24.3 Å². The van der Waals surface area contributed by atoms with E-state index in [1.165, 1.54) is 11.1 Å². The van der Waals surface area contributed by atoms with Gasteiger partial charge in [-0.2, -0.15) is 0 Å². The molecule has 0 aliphatic carbocycles. The van der Waals surface area contributed by atoms with Crippen LogP contribution in [0.4, 0.5) is 0 Å². The van der Waals surface area contributed by atoms with Crippen molar-refractivity contribution in [3.8, 4) is 5.75 Å². The molecule has 0 spiro atoms. The molecule has 23 heavy (non-hydrogen) atoms. The zero-order valence-electron chi connectivity index (χ0n) is 12.9. The molecule has 0 saturated heterocycles. The van der Waals surface area contributed by atoms with Crippen LogP contribution in [-0.2, 0) is 13.1 Å². The molecule has 2 aromatic carbocycles. The first-order valence-electron chi connectivity index (χ1n) is 7.93. The third-order valence-corrected chi connectivity index (χ3v) is 4.19. The molecule has 0 fully saturated rings. The number of rotatable bonds is 3. The van der Waals surface area contributed by atoms with Crippen molar-refractivity contribution in [3.05, 3.63) is 89.9 Å². The Balaban J connectivity index is 1.65. The second-order valence-corrected chi connectivity index (χ2v) is 5.87. The highest BCUT2D eigenvalue weighted by molar-refractivity contribution is 5.35. The van der Waals surface area contributed by atoms with Gasteiger partial charge >= 0.3 is 0 Å². The molecule has 0 amide bonds. The van der Waals surface area contributed by atoms with Gasteiger partial charge in [-0.05, 0) is 23.8 Å². The van der Waals surface area contributed by atoms with E-state index in [9.17, 15) is 0 Å². The fourth-order valence-corrected chi connectivity index (χ4v) is 3.06. The zero-order valence-corrected chi connectivity index (χ0v) is 12.9. The molecule has 1 aliphatic heterocycles. The summed E-state index contributed by atoms with van der Waals surface area (Å²) in [6.07, 6.45) is 1.75. The average Bonchev–Trinajstić information content (AvgIpc) is 3.02. The molecular formula is C20H19NO2. The predicted octanol–water partition coefficient (Wildman–Crippen LogP) is 4.42. The molecule has 3 heteroatoms. The number of furan rings is 1. The minimum absolute atomic E-state index is 0.0230. The predicted molar refractivity (Wildman–Crippen MR) is 89.1 cm³/mol. The molecule has 116 valence electrons. The standard InChI is InChI=1S/C20H19NO2/c1-2-7-16(8-3-1)20-15-21(14-18-10-6-12-22-18)13-17-9-4-5-11-19(17)23-20/h1-12,20H,13-15H2/t20-/m1/s1. The molecule has 4 rings (SSSR count). The van der Waals surface area contributed by atoms with Crippen LogP contribution in [0.5, 0.6) is 5.75 Å². The van der Waals surface area contributed by atoms with Gasteiger partial charge in [0.1, 0.15) is 17.6 Å². The molecular weight excluding hydrogens is 286 g/mol. The third kappa shape index (κ3) is 3.15. The van der Waals surface area contributed by atoms with Gasteiger partial charge in [-0.15, -0.1) is 0 Å². The summed E-state index contributed by atoms with van der Waals surface area (Å²) in [4.78, 5) is 2.38. The second kappa shape index (κ2) is 6.31. The molecule has 2 heterocycles. The van der Waals surface area contributed by atoms with Gasteiger partial charge in [-0.1, -0.05) is 48.5 Å². The Morgan fingerprint density at radius 1 is 0.913 bits per heavy atom. The Bertz CT molecular complexity index is 752.